The van der Waals surface area contributed by atoms with Crippen molar-refractivity contribution in [2.24, 2.45) is 0 Å². The monoisotopic (exact) mass is 646 g/mol. The predicted molar refractivity (Wildman–Crippen MR) is 184 cm³/mol. The second-order valence-corrected chi connectivity index (χ2v) is 24.2. The zero-order valence-corrected chi connectivity index (χ0v) is 31.4. The zero-order chi connectivity index (χ0) is 33.2. The Kier molecular flexibility index (Phi) is 14.3. The highest BCUT2D eigenvalue weighted by Gasteiger charge is 2.41. The summed E-state index contributed by atoms with van der Waals surface area (Å²) >= 11 is 0. The van der Waals surface area contributed by atoms with Crippen molar-refractivity contribution in [3.8, 4) is 11.5 Å². The number of benzene rings is 2. The van der Waals surface area contributed by atoms with Crippen molar-refractivity contribution in [1.82, 2.24) is 0 Å². The maximum Gasteiger partial charge on any atom is 0.192 e. The van der Waals surface area contributed by atoms with Crippen LogP contribution in [0.4, 0.5) is 0 Å². The van der Waals surface area contributed by atoms with Crippen molar-refractivity contribution in [3.05, 3.63) is 59.7 Å². The Morgan fingerprint density at radius 1 is 0.614 bits per heavy atom. The highest BCUT2D eigenvalue weighted by atomic mass is 28.4. The number of methoxy groups -OCH3 is 2. The van der Waals surface area contributed by atoms with Crippen LogP contribution in [0.15, 0.2) is 48.5 Å². The highest BCUT2D eigenvalue weighted by molar-refractivity contribution is 6.74. The molecule has 0 aliphatic heterocycles. The average molecular weight is 647 g/mol. The summed E-state index contributed by atoms with van der Waals surface area (Å²) in [5, 5.41) is 0.0150. The Balaban J connectivity index is 2.13. The van der Waals surface area contributed by atoms with E-state index in [1.54, 1.807) is 14.2 Å². The summed E-state index contributed by atoms with van der Waals surface area (Å²) in [6.45, 7) is 23.6. The molecule has 2 atom stereocenters. The topological polar surface area (TPSA) is 72.5 Å². The molecule has 44 heavy (non-hydrogen) atoms. The summed E-state index contributed by atoms with van der Waals surface area (Å²) in [4.78, 5) is 13.7. The van der Waals surface area contributed by atoms with Crippen LogP contribution < -0.4 is 9.47 Å². The van der Waals surface area contributed by atoms with Crippen molar-refractivity contribution in [1.29, 1.82) is 0 Å². The van der Waals surface area contributed by atoms with Crippen molar-refractivity contribution in [2.45, 2.75) is 116 Å². The van der Waals surface area contributed by atoms with Gasteiger partial charge in [0.05, 0.1) is 52.9 Å². The molecular weight excluding hydrogens is 589 g/mol. The lowest BCUT2D eigenvalue weighted by molar-refractivity contribution is -0.124. The van der Waals surface area contributed by atoms with Gasteiger partial charge in [-0.05, 0) is 71.7 Å². The van der Waals surface area contributed by atoms with Crippen molar-refractivity contribution in [2.75, 3.05) is 27.4 Å². The van der Waals surface area contributed by atoms with Crippen molar-refractivity contribution >= 4 is 22.4 Å². The lowest BCUT2D eigenvalue weighted by Crippen LogP contribution is -2.47. The van der Waals surface area contributed by atoms with Gasteiger partial charge in [-0.2, -0.15) is 0 Å². The standard InChI is InChI=1S/C35H58O7Si2/c1-34(2,3)43(9,10)41-32(25-39-23-27-13-17-30(37-7)18-14-27)21-29(36)22-33(42-44(11,12)35(4,5)6)26-40-24-28-15-19-31(38-8)20-16-28/h13-20,32-33H,21-26H2,1-12H3/t32-,33-/m1/s1. The molecule has 0 spiro atoms. The molecule has 0 saturated heterocycles. The van der Waals surface area contributed by atoms with E-state index in [0.29, 0.717) is 26.4 Å². The third-order valence-corrected chi connectivity index (χ3v) is 18.0. The largest absolute Gasteiger partial charge is 0.497 e. The first kappa shape index (κ1) is 38.2. The van der Waals surface area contributed by atoms with Crippen LogP contribution in [0.5, 0.6) is 11.5 Å². The molecule has 0 aliphatic carbocycles. The Bertz CT molecular complexity index is 1040. The molecule has 0 fully saturated rings. The predicted octanol–water partition coefficient (Wildman–Crippen LogP) is 8.57. The molecule has 0 saturated carbocycles. The van der Waals surface area contributed by atoms with Gasteiger partial charge in [-0.3, -0.25) is 4.79 Å². The molecule has 2 rings (SSSR count). The van der Waals surface area contributed by atoms with Gasteiger partial charge < -0.3 is 27.8 Å². The van der Waals surface area contributed by atoms with E-state index in [1.807, 2.05) is 48.5 Å². The van der Waals surface area contributed by atoms with Gasteiger partial charge in [-0.25, -0.2) is 0 Å². The number of hydrogen-bond acceptors (Lipinski definition) is 7. The molecule has 2 aromatic carbocycles. The summed E-state index contributed by atoms with van der Waals surface area (Å²) in [7, 11) is -0.997. The first-order valence-electron chi connectivity index (χ1n) is 15.7. The van der Waals surface area contributed by atoms with Crippen molar-refractivity contribution < 1.29 is 32.6 Å². The van der Waals surface area contributed by atoms with Crippen molar-refractivity contribution in [3.63, 3.8) is 0 Å². The van der Waals surface area contributed by atoms with E-state index in [4.69, 9.17) is 27.8 Å². The third kappa shape index (κ3) is 12.4. The Hall–Kier alpha value is -2.02. The highest BCUT2D eigenvalue weighted by Crippen LogP contribution is 2.39. The number of carbonyl (C=O) groups excluding carboxylic acids is 1. The number of rotatable bonds is 18. The smallest absolute Gasteiger partial charge is 0.192 e. The van der Waals surface area contributed by atoms with Gasteiger partial charge in [0.1, 0.15) is 17.3 Å². The van der Waals surface area contributed by atoms with Gasteiger partial charge in [0.25, 0.3) is 0 Å². The fourth-order valence-electron chi connectivity index (χ4n) is 4.11. The van der Waals surface area contributed by atoms with Gasteiger partial charge >= 0.3 is 0 Å². The van der Waals surface area contributed by atoms with E-state index in [2.05, 4.69) is 67.7 Å². The molecule has 2 aromatic rings. The van der Waals surface area contributed by atoms with Crippen LogP contribution in [-0.4, -0.2) is 62.1 Å². The number of hydrogen-bond donors (Lipinski definition) is 0. The summed E-state index contributed by atoms with van der Waals surface area (Å²) in [5.74, 6) is 1.71. The molecular formula is C35H58O7Si2. The quantitative estimate of drug-likeness (QED) is 0.150. The SMILES string of the molecule is COc1ccc(COC[C@@H](CC(=O)C[C@H](COCc2ccc(OC)cc2)O[Si](C)(C)C(C)(C)C)O[Si](C)(C)C(C)(C)C)cc1. The van der Waals surface area contributed by atoms with Crippen LogP contribution in [0.1, 0.15) is 65.5 Å². The van der Waals surface area contributed by atoms with Crippen LogP contribution in [-0.2, 0) is 36.3 Å². The Labute approximate surface area is 269 Å². The lowest BCUT2D eigenvalue weighted by Gasteiger charge is -2.40. The molecule has 0 aromatic heterocycles. The van der Waals surface area contributed by atoms with Gasteiger partial charge in [-0.15, -0.1) is 0 Å². The van der Waals surface area contributed by atoms with E-state index >= 15 is 0 Å². The van der Waals surface area contributed by atoms with Crippen LogP contribution in [0, 0.1) is 0 Å². The van der Waals surface area contributed by atoms with E-state index in [0.717, 1.165) is 22.6 Å². The third-order valence-electron chi connectivity index (χ3n) is 8.91. The van der Waals surface area contributed by atoms with Gasteiger partial charge in [0.15, 0.2) is 16.6 Å². The van der Waals surface area contributed by atoms with Gasteiger partial charge in [0, 0.05) is 12.8 Å². The molecule has 0 bridgehead atoms. The maximum absolute atomic E-state index is 13.7. The zero-order valence-electron chi connectivity index (χ0n) is 29.4. The fraction of sp³-hybridized carbons (Fsp3) is 0.629. The first-order valence-corrected chi connectivity index (χ1v) is 21.5. The molecule has 0 aliphatic rings. The van der Waals surface area contributed by atoms with E-state index < -0.39 is 16.6 Å². The van der Waals surface area contributed by atoms with E-state index in [-0.39, 0.29) is 40.9 Å². The minimum Gasteiger partial charge on any atom is -0.497 e. The fourth-order valence-corrected chi connectivity index (χ4v) is 6.78. The van der Waals surface area contributed by atoms with Gasteiger partial charge in [0.2, 0.25) is 0 Å². The lowest BCUT2D eigenvalue weighted by atomic mass is 10.1. The molecule has 9 heteroatoms. The van der Waals surface area contributed by atoms with Gasteiger partial charge in [-0.1, -0.05) is 65.8 Å². The second kappa shape index (κ2) is 16.5. The van der Waals surface area contributed by atoms with Crippen LogP contribution in [0.2, 0.25) is 36.3 Å². The second-order valence-electron chi connectivity index (χ2n) is 14.7. The van der Waals surface area contributed by atoms with Crippen LogP contribution >= 0.6 is 0 Å². The number of ether oxygens (including phenoxy) is 4. The molecule has 0 amide bonds. The number of carbonyl (C=O) groups is 1. The molecule has 0 heterocycles. The minimum absolute atomic E-state index is 0.00750. The van der Waals surface area contributed by atoms with Crippen LogP contribution in [0.3, 0.4) is 0 Å². The molecule has 0 N–H and O–H groups in total. The molecule has 0 radical (unpaired) electrons. The molecule has 248 valence electrons. The Morgan fingerprint density at radius 3 is 1.20 bits per heavy atom. The number of Topliss-reactive ketones (excluding diaryl/α,β-unsaturated/α-hetero) is 1. The normalized spacial score (nSPS) is 14.3. The summed E-state index contributed by atoms with van der Waals surface area (Å²) in [5.41, 5.74) is 2.08. The Morgan fingerprint density at radius 2 is 0.932 bits per heavy atom. The average Bonchev–Trinajstić information content (AvgIpc) is 2.92. The summed E-state index contributed by atoms with van der Waals surface area (Å²) in [6, 6.07) is 15.6. The maximum atomic E-state index is 13.7. The summed E-state index contributed by atoms with van der Waals surface area (Å²) < 4.78 is 36.3. The molecule has 0 unspecified atom stereocenters. The van der Waals surface area contributed by atoms with E-state index in [9.17, 15) is 4.79 Å². The molecule has 7 nitrogen and oxygen atoms in total. The first-order chi connectivity index (χ1) is 20.4. The minimum atomic E-state index is -2.15. The number of ketones is 1. The summed E-state index contributed by atoms with van der Waals surface area (Å²) in [6.07, 6.45) is -0.138. The van der Waals surface area contributed by atoms with Crippen LogP contribution in [0.25, 0.3) is 0 Å². The van der Waals surface area contributed by atoms with E-state index in [1.165, 1.54) is 0 Å².